The second kappa shape index (κ2) is 7.47. The average molecular weight is 490 g/mol. The zero-order chi connectivity index (χ0) is 24.3. The predicted molar refractivity (Wildman–Crippen MR) is 105 cm³/mol. The SMILES string of the molecule is Cn1c(C(F)(F)F)cc(=O)n(-c2ccc3cnn(-c4ncc(C(F)(F)F)cc4Cl)c3c2)c1=O. The van der Waals surface area contributed by atoms with E-state index in [1.165, 1.54) is 24.4 Å². The predicted octanol–water partition coefficient (Wildman–Crippen LogP) is 3.96. The molecule has 1 aromatic carbocycles. The van der Waals surface area contributed by atoms with Crippen LogP contribution in [0, 0.1) is 0 Å². The number of pyridine rings is 1. The molecule has 0 radical (unpaired) electrons. The van der Waals surface area contributed by atoms with Crippen molar-refractivity contribution in [2.45, 2.75) is 12.4 Å². The Kier molecular flexibility index (Phi) is 5.11. The maximum absolute atomic E-state index is 13.1. The molecule has 7 nitrogen and oxygen atoms in total. The maximum Gasteiger partial charge on any atom is 0.431 e. The highest BCUT2D eigenvalue weighted by molar-refractivity contribution is 6.32. The Balaban J connectivity index is 1.90. The van der Waals surface area contributed by atoms with E-state index in [-0.39, 0.29) is 32.7 Å². The standard InChI is InChI=1S/C19H10ClF6N5O2/c1-29-14(19(24,25)26)6-15(32)30(17(29)33)11-3-2-9-7-28-31(13(9)5-11)16-12(20)4-10(8-27-16)18(21,22)23/h2-8H,1H3. The molecule has 14 heteroatoms. The fraction of sp³-hybridized carbons (Fsp3) is 0.158. The van der Waals surface area contributed by atoms with Gasteiger partial charge in [-0.3, -0.25) is 9.36 Å². The van der Waals surface area contributed by atoms with Crippen LogP contribution >= 0.6 is 11.6 Å². The molecule has 0 amide bonds. The lowest BCUT2D eigenvalue weighted by Gasteiger charge is -2.14. The first-order valence-electron chi connectivity index (χ1n) is 8.90. The van der Waals surface area contributed by atoms with Crippen LogP contribution in [0.15, 0.2) is 52.3 Å². The van der Waals surface area contributed by atoms with E-state index >= 15 is 0 Å². The van der Waals surface area contributed by atoms with Crippen LogP contribution in [0.25, 0.3) is 22.4 Å². The highest BCUT2D eigenvalue weighted by Crippen LogP contribution is 2.33. The van der Waals surface area contributed by atoms with Crippen LogP contribution in [0.4, 0.5) is 26.3 Å². The topological polar surface area (TPSA) is 74.7 Å². The first-order valence-corrected chi connectivity index (χ1v) is 9.28. The Bertz CT molecular complexity index is 1520. The quantitative estimate of drug-likeness (QED) is 0.400. The lowest BCUT2D eigenvalue weighted by molar-refractivity contribution is -0.144. The van der Waals surface area contributed by atoms with E-state index < -0.39 is 34.9 Å². The number of benzene rings is 1. The number of aromatic nitrogens is 5. The van der Waals surface area contributed by atoms with Crippen molar-refractivity contribution in [2.24, 2.45) is 7.05 Å². The Morgan fingerprint density at radius 3 is 2.24 bits per heavy atom. The molecule has 33 heavy (non-hydrogen) atoms. The zero-order valence-corrected chi connectivity index (χ0v) is 17.0. The highest BCUT2D eigenvalue weighted by atomic mass is 35.5. The molecule has 172 valence electrons. The molecule has 0 bridgehead atoms. The third kappa shape index (κ3) is 3.88. The summed E-state index contributed by atoms with van der Waals surface area (Å²) in [7, 11) is 0.871. The second-order valence-corrected chi connectivity index (χ2v) is 7.28. The molecule has 4 aromatic rings. The highest BCUT2D eigenvalue weighted by Gasteiger charge is 2.35. The summed E-state index contributed by atoms with van der Waals surface area (Å²) in [5.74, 6) is -0.163. The maximum atomic E-state index is 13.1. The minimum absolute atomic E-state index is 0.0911. The first-order chi connectivity index (χ1) is 15.3. The smallest absolute Gasteiger partial charge is 0.292 e. The van der Waals surface area contributed by atoms with Crippen LogP contribution in [0.1, 0.15) is 11.3 Å². The van der Waals surface area contributed by atoms with Gasteiger partial charge in [0.15, 0.2) is 5.82 Å². The van der Waals surface area contributed by atoms with Gasteiger partial charge in [0.05, 0.1) is 28.0 Å². The van der Waals surface area contributed by atoms with Gasteiger partial charge in [-0.1, -0.05) is 11.6 Å². The monoisotopic (exact) mass is 489 g/mol. The van der Waals surface area contributed by atoms with Crippen molar-refractivity contribution in [2.75, 3.05) is 0 Å². The van der Waals surface area contributed by atoms with Crippen molar-refractivity contribution < 1.29 is 26.3 Å². The second-order valence-electron chi connectivity index (χ2n) is 6.87. The van der Waals surface area contributed by atoms with E-state index in [1.807, 2.05) is 0 Å². The van der Waals surface area contributed by atoms with Gasteiger partial charge in [-0.15, -0.1) is 0 Å². The van der Waals surface area contributed by atoms with Gasteiger partial charge in [0.2, 0.25) is 0 Å². The van der Waals surface area contributed by atoms with E-state index in [0.29, 0.717) is 22.2 Å². The zero-order valence-electron chi connectivity index (χ0n) is 16.2. The fourth-order valence-corrected chi connectivity index (χ4v) is 3.44. The van der Waals surface area contributed by atoms with Crippen LogP contribution in [0.2, 0.25) is 5.02 Å². The van der Waals surface area contributed by atoms with Gasteiger partial charge >= 0.3 is 18.0 Å². The summed E-state index contributed by atoms with van der Waals surface area (Å²) in [6.07, 6.45) is -7.69. The van der Waals surface area contributed by atoms with E-state index in [1.54, 1.807) is 0 Å². The molecule has 0 N–H and O–H groups in total. The van der Waals surface area contributed by atoms with Gasteiger partial charge < -0.3 is 0 Å². The van der Waals surface area contributed by atoms with Gasteiger partial charge in [0, 0.05) is 24.7 Å². The number of fused-ring (bicyclic) bond motifs is 1. The average Bonchev–Trinajstić information content (AvgIpc) is 3.12. The molecule has 0 fully saturated rings. The molecule has 0 aliphatic carbocycles. The number of nitrogens with zero attached hydrogens (tertiary/aromatic N) is 5. The summed E-state index contributed by atoms with van der Waals surface area (Å²) in [6, 6.07) is 4.95. The Morgan fingerprint density at radius 2 is 1.64 bits per heavy atom. The third-order valence-electron chi connectivity index (χ3n) is 4.77. The summed E-state index contributed by atoms with van der Waals surface area (Å²) in [4.78, 5) is 28.6. The van der Waals surface area contributed by atoms with Crippen molar-refractivity contribution in [1.82, 2.24) is 23.9 Å². The number of hydrogen-bond acceptors (Lipinski definition) is 4. The summed E-state index contributed by atoms with van der Waals surface area (Å²) < 4.78 is 79.8. The number of hydrogen-bond donors (Lipinski definition) is 0. The van der Waals surface area contributed by atoms with Crippen molar-refractivity contribution in [3.8, 4) is 11.5 Å². The lowest BCUT2D eigenvalue weighted by atomic mass is 10.2. The molecule has 0 spiro atoms. The van der Waals surface area contributed by atoms with E-state index in [9.17, 15) is 35.9 Å². The minimum Gasteiger partial charge on any atom is -0.292 e. The largest absolute Gasteiger partial charge is 0.431 e. The molecule has 0 saturated heterocycles. The van der Waals surface area contributed by atoms with Crippen molar-refractivity contribution >= 4 is 22.5 Å². The van der Waals surface area contributed by atoms with Gasteiger partial charge in [-0.25, -0.2) is 19.0 Å². The Labute approximate surface area is 184 Å². The Hall–Kier alpha value is -3.61. The first kappa shape index (κ1) is 22.6. The molecule has 0 aliphatic heterocycles. The summed E-state index contributed by atoms with van der Waals surface area (Å²) in [5, 5.41) is 4.10. The molecule has 0 aliphatic rings. The summed E-state index contributed by atoms with van der Waals surface area (Å²) in [5.41, 5.74) is -4.86. The van der Waals surface area contributed by atoms with E-state index in [2.05, 4.69) is 10.1 Å². The van der Waals surface area contributed by atoms with E-state index in [0.717, 1.165) is 11.7 Å². The van der Waals surface area contributed by atoms with Gasteiger partial charge in [-0.2, -0.15) is 31.4 Å². The van der Waals surface area contributed by atoms with Gasteiger partial charge in [0.25, 0.3) is 5.56 Å². The number of halogens is 7. The molecule has 4 rings (SSSR count). The summed E-state index contributed by atoms with van der Waals surface area (Å²) in [6.45, 7) is 0. The van der Waals surface area contributed by atoms with Crippen LogP contribution in [-0.2, 0) is 19.4 Å². The minimum atomic E-state index is -4.92. The number of rotatable bonds is 2. The molecule has 0 atom stereocenters. The molecule has 3 heterocycles. The molecule has 0 saturated carbocycles. The fourth-order valence-electron chi connectivity index (χ4n) is 3.19. The van der Waals surface area contributed by atoms with Gasteiger partial charge in [-0.05, 0) is 24.3 Å². The molecule has 3 aromatic heterocycles. The van der Waals surface area contributed by atoms with Crippen LogP contribution in [0.5, 0.6) is 0 Å². The Morgan fingerprint density at radius 1 is 0.939 bits per heavy atom. The molecular formula is C19H10ClF6N5O2. The van der Waals surface area contributed by atoms with Crippen LogP contribution in [-0.4, -0.2) is 23.9 Å². The lowest BCUT2D eigenvalue weighted by Crippen LogP contribution is -2.40. The third-order valence-corrected chi connectivity index (χ3v) is 5.05. The van der Waals surface area contributed by atoms with Crippen molar-refractivity contribution in [3.05, 3.63) is 79.8 Å². The van der Waals surface area contributed by atoms with Crippen molar-refractivity contribution in [1.29, 1.82) is 0 Å². The number of alkyl halides is 6. The van der Waals surface area contributed by atoms with Crippen molar-refractivity contribution in [3.63, 3.8) is 0 Å². The summed E-state index contributed by atoms with van der Waals surface area (Å²) >= 11 is 5.98. The van der Waals surface area contributed by atoms with Crippen LogP contribution < -0.4 is 11.2 Å². The van der Waals surface area contributed by atoms with E-state index in [4.69, 9.17) is 11.6 Å². The van der Waals surface area contributed by atoms with Crippen LogP contribution in [0.3, 0.4) is 0 Å². The molecular weight excluding hydrogens is 480 g/mol. The molecule has 0 unspecified atom stereocenters. The van der Waals surface area contributed by atoms with Gasteiger partial charge in [0.1, 0.15) is 5.69 Å². The normalized spacial score (nSPS) is 12.5.